The molecule has 21 heavy (non-hydrogen) atoms. The zero-order valence-corrected chi connectivity index (χ0v) is 12.6. The summed E-state index contributed by atoms with van der Waals surface area (Å²) in [5.41, 5.74) is 5.01. The van der Waals surface area contributed by atoms with Gasteiger partial charge in [0.1, 0.15) is 10.6 Å². The minimum atomic E-state index is -4.19. The maximum Gasteiger partial charge on any atom is 0.273 e. The number of nitrogens with two attached hydrogens (primary N) is 1. The summed E-state index contributed by atoms with van der Waals surface area (Å²) in [4.78, 5) is -0.327. The fraction of sp³-hybridized carbons (Fsp3) is 0.364. The van der Waals surface area contributed by atoms with E-state index in [0.717, 1.165) is 6.07 Å². The second kappa shape index (κ2) is 7.51. The van der Waals surface area contributed by atoms with Gasteiger partial charge in [-0.15, -0.1) is 12.4 Å². The van der Waals surface area contributed by atoms with E-state index >= 15 is 0 Å². The van der Waals surface area contributed by atoms with Gasteiger partial charge in [-0.05, 0) is 18.2 Å². The second-order valence-electron chi connectivity index (χ2n) is 3.86. The van der Waals surface area contributed by atoms with Crippen LogP contribution in [0.3, 0.4) is 0 Å². The molecule has 3 N–H and O–H groups in total. The molecule has 0 aliphatic carbocycles. The van der Waals surface area contributed by atoms with Crippen LogP contribution in [0.5, 0.6) is 5.75 Å². The fourth-order valence-electron chi connectivity index (χ4n) is 1.31. The molecule has 0 saturated carbocycles. The van der Waals surface area contributed by atoms with E-state index in [0.29, 0.717) is 0 Å². The van der Waals surface area contributed by atoms with Crippen molar-refractivity contribution in [1.82, 2.24) is 4.72 Å². The number of halogens is 3. The van der Waals surface area contributed by atoms with Gasteiger partial charge in [-0.1, -0.05) is 0 Å². The zero-order chi connectivity index (χ0) is 15.4. The predicted molar refractivity (Wildman–Crippen MR) is 74.1 cm³/mol. The van der Waals surface area contributed by atoms with Gasteiger partial charge in [0.05, 0.1) is 31.8 Å². The van der Waals surface area contributed by atoms with Crippen molar-refractivity contribution >= 4 is 22.4 Å². The Kier molecular flexibility index (Phi) is 6.99. The first-order chi connectivity index (χ1) is 9.25. The third-order valence-electron chi connectivity index (χ3n) is 2.40. The Bertz CT molecular complexity index is 632. The Hall–Kier alpha value is -1.47. The first kappa shape index (κ1) is 19.5. The molecule has 0 saturated heterocycles. The molecule has 10 heteroatoms. The number of benzene rings is 1. The summed E-state index contributed by atoms with van der Waals surface area (Å²) in [6.07, 6.45) is 0. The Balaban J connectivity index is 0.00000400. The average Bonchev–Trinajstić information content (AvgIpc) is 2.44. The topological polar surface area (TPSA) is 105 Å². The SMILES string of the molecule is COc1cc(C#N)ccc1S(=O)(=O)NCC(F)(F)CN.Cl. The van der Waals surface area contributed by atoms with Gasteiger partial charge in [0.15, 0.2) is 0 Å². The van der Waals surface area contributed by atoms with Crippen LogP contribution in [0.4, 0.5) is 8.78 Å². The highest BCUT2D eigenvalue weighted by atomic mass is 35.5. The molecule has 1 rings (SSSR count). The van der Waals surface area contributed by atoms with Crippen molar-refractivity contribution in [2.45, 2.75) is 10.8 Å². The number of methoxy groups -OCH3 is 1. The number of nitrogens with one attached hydrogen (secondary N) is 1. The number of rotatable bonds is 6. The van der Waals surface area contributed by atoms with E-state index in [-0.39, 0.29) is 28.6 Å². The first-order valence-corrected chi connectivity index (χ1v) is 6.90. The van der Waals surface area contributed by atoms with Crippen molar-refractivity contribution in [3.63, 3.8) is 0 Å². The number of alkyl halides is 2. The highest BCUT2D eigenvalue weighted by Gasteiger charge is 2.30. The lowest BCUT2D eigenvalue weighted by Crippen LogP contribution is -2.41. The van der Waals surface area contributed by atoms with Gasteiger partial charge in [0, 0.05) is 0 Å². The largest absolute Gasteiger partial charge is 0.495 e. The molecule has 0 unspecified atom stereocenters. The van der Waals surface area contributed by atoms with E-state index < -0.39 is 29.0 Å². The molecule has 0 aliphatic heterocycles. The molecule has 0 aliphatic rings. The first-order valence-electron chi connectivity index (χ1n) is 5.41. The van der Waals surface area contributed by atoms with E-state index in [2.05, 4.69) is 0 Å². The van der Waals surface area contributed by atoms with Gasteiger partial charge < -0.3 is 10.5 Å². The van der Waals surface area contributed by atoms with Crippen LogP contribution in [-0.2, 0) is 10.0 Å². The van der Waals surface area contributed by atoms with Crippen molar-refractivity contribution < 1.29 is 21.9 Å². The lowest BCUT2D eigenvalue weighted by molar-refractivity contribution is 0.0170. The summed E-state index contributed by atoms with van der Waals surface area (Å²) < 4.78 is 56.4. The summed E-state index contributed by atoms with van der Waals surface area (Å²) in [6, 6.07) is 5.38. The third-order valence-corrected chi connectivity index (χ3v) is 3.84. The molecule has 1 aromatic rings. The van der Waals surface area contributed by atoms with E-state index in [9.17, 15) is 17.2 Å². The molecule has 0 heterocycles. The van der Waals surface area contributed by atoms with Gasteiger partial charge >= 0.3 is 0 Å². The standard InChI is InChI=1S/C11H13F2N3O3S.ClH/c1-19-9-4-8(5-14)2-3-10(9)20(17,18)16-7-11(12,13)6-15;/h2-4,16H,6-7,15H2,1H3;1H. The number of hydrogen-bond donors (Lipinski definition) is 2. The van der Waals surface area contributed by atoms with Gasteiger partial charge in [-0.3, -0.25) is 0 Å². The number of ether oxygens (including phenoxy) is 1. The normalized spacial score (nSPS) is 11.4. The van der Waals surface area contributed by atoms with Crippen molar-refractivity contribution in [2.24, 2.45) is 5.73 Å². The maximum absolute atomic E-state index is 13.0. The summed E-state index contributed by atoms with van der Waals surface area (Å²) in [5.74, 6) is -3.44. The zero-order valence-electron chi connectivity index (χ0n) is 11.0. The minimum Gasteiger partial charge on any atom is -0.495 e. The molecule has 1 aromatic carbocycles. The molecule has 0 atom stereocenters. The van der Waals surface area contributed by atoms with Crippen LogP contribution >= 0.6 is 12.4 Å². The van der Waals surface area contributed by atoms with Gasteiger partial charge in [0.2, 0.25) is 10.0 Å². The molecule has 0 amide bonds. The fourth-order valence-corrected chi connectivity index (χ4v) is 2.52. The van der Waals surface area contributed by atoms with E-state index in [1.807, 2.05) is 6.07 Å². The Morgan fingerprint density at radius 2 is 2.10 bits per heavy atom. The average molecular weight is 342 g/mol. The van der Waals surface area contributed by atoms with Crippen LogP contribution in [-0.4, -0.2) is 34.5 Å². The number of nitriles is 1. The van der Waals surface area contributed by atoms with Crippen LogP contribution in [0.1, 0.15) is 5.56 Å². The second-order valence-corrected chi connectivity index (χ2v) is 5.60. The number of hydrogen-bond acceptors (Lipinski definition) is 5. The quantitative estimate of drug-likeness (QED) is 0.798. The van der Waals surface area contributed by atoms with E-state index in [1.165, 1.54) is 19.2 Å². The van der Waals surface area contributed by atoms with Crippen molar-refractivity contribution in [1.29, 1.82) is 5.26 Å². The van der Waals surface area contributed by atoms with Crippen molar-refractivity contribution in [2.75, 3.05) is 20.2 Å². The summed E-state index contributed by atoms with van der Waals surface area (Å²) in [5, 5.41) is 8.71. The molecular formula is C11H14ClF2N3O3S. The van der Waals surface area contributed by atoms with Gasteiger partial charge in [-0.25, -0.2) is 21.9 Å². The monoisotopic (exact) mass is 341 g/mol. The van der Waals surface area contributed by atoms with E-state index in [1.54, 1.807) is 4.72 Å². The summed E-state index contributed by atoms with van der Waals surface area (Å²) >= 11 is 0. The minimum absolute atomic E-state index is 0. The maximum atomic E-state index is 13.0. The smallest absolute Gasteiger partial charge is 0.273 e. The van der Waals surface area contributed by atoms with Crippen LogP contribution in [0.15, 0.2) is 23.1 Å². The third kappa shape index (κ3) is 5.09. The lowest BCUT2D eigenvalue weighted by atomic mass is 10.2. The molecule has 0 fully saturated rings. The molecule has 6 nitrogen and oxygen atoms in total. The summed E-state index contributed by atoms with van der Waals surface area (Å²) in [6.45, 7) is -2.09. The Labute approximate surface area is 127 Å². The highest BCUT2D eigenvalue weighted by molar-refractivity contribution is 7.89. The molecule has 0 aromatic heterocycles. The number of nitrogens with zero attached hydrogens (tertiary/aromatic N) is 1. The predicted octanol–water partition coefficient (Wildman–Crippen LogP) is 0.861. The summed E-state index contributed by atoms with van der Waals surface area (Å²) in [7, 11) is -2.98. The van der Waals surface area contributed by atoms with E-state index in [4.69, 9.17) is 15.7 Å². The van der Waals surface area contributed by atoms with Crippen LogP contribution in [0.2, 0.25) is 0 Å². The van der Waals surface area contributed by atoms with Crippen LogP contribution in [0, 0.1) is 11.3 Å². The molecule has 0 radical (unpaired) electrons. The lowest BCUT2D eigenvalue weighted by Gasteiger charge is -2.16. The number of sulfonamides is 1. The van der Waals surface area contributed by atoms with Gasteiger partial charge in [0.25, 0.3) is 5.92 Å². The van der Waals surface area contributed by atoms with Crippen LogP contribution in [0.25, 0.3) is 0 Å². The Morgan fingerprint density at radius 3 is 2.57 bits per heavy atom. The van der Waals surface area contributed by atoms with Gasteiger partial charge in [-0.2, -0.15) is 5.26 Å². The van der Waals surface area contributed by atoms with Crippen LogP contribution < -0.4 is 15.2 Å². The Morgan fingerprint density at radius 1 is 1.48 bits per heavy atom. The molecule has 118 valence electrons. The van der Waals surface area contributed by atoms with Crippen molar-refractivity contribution in [3.05, 3.63) is 23.8 Å². The molecule has 0 bridgehead atoms. The molecular weight excluding hydrogens is 328 g/mol. The molecule has 0 spiro atoms. The highest BCUT2D eigenvalue weighted by Crippen LogP contribution is 2.25. The van der Waals surface area contributed by atoms with Crippen molar-refractivity contribution in [3.8, 4) is 11.8 Å².